The van der Waals surface area contributed by atoms with Crippen molar-refractivity contribution in [3.05, 3.63) is 66.7 Å². The first-order chi connectivity index (χ1) is 25.9. The summed E-state index contributed by atoms with van der Waals surface area (Å²) in [5.74, 6) is 0. The maximum atomic E-state index is 12.8. The molecule has 0 saturated heterocycles. The van der Waals surface area contributed by atoms with Crippen LogP contribution in [0.4, 0.5) is 28.4 Å². The van der Waals surface area contributed by atoms with E-state index in [4.69, 9.17) is 5.73 Å². The number of hydrogen-bond acceptors (Lipinski definition) is 15. The third kappa shape index (κ3) is 8.58. The average Bonchev–Trinajstić information content (AvgIpc) is 3.04. The highest BCUT2D eigenvalue weighted by Gasteiger charge is 2.30. The summed E-state index contributed by atoms with van der Waals surface area (Å²) in [7, 11) is -32.3. The molecular formula is C28H21N3O20S6. The zero-order chi connectivity index (χ0) is 43.0. The van der Waals surface area contributed by atoms with Crippen LogP contribution in [-0.2, 0) is 70.3 Å². The molecule has 0 atom stereocenters. The number of anilines is 5. The van der Waals surface area contributed by atoms with Gasteiger partial charge in [-0.25, -0.2) is 0 Å². The highest BCUT2D eigenvalue weighted by atomic mass is 32.2. The monoisotopic (exact) mass is 911 g/mol. The molecule has 0 aliphatic heterocycles. The lowest BCUT2D eigenvalue weighted by atomic mass is 10.1. The van der Waals surface area contributed by atoms with Crippen LogP contribution in [0.25, 0.3) is 21.5 Å². The molecule has 5 aromatic carbocycles. The summed E-state index contributed by atoms with van der Waals surface area (Å²) in [6, 6.07) is 6.06. The van der Waals surface area contributed by atoms with Gasteiger partial charge in [0, 0.05) is 16.5 Å². The van der Waals surface area contributed by atoms with Crippen molar-refractivity contribution in [2.24, 2.45) is 0 Å². The fraction of sp³-hybridized carbons (Fsp3) is 0. The van der Waals surface area contributed by atoms with Crippen LogP contribution in [0.15, 0.2) is 96.1 Å². The van der Waals surface area contributed by atoms with E-state index >= 15 is 0 Å². The molecule has 8 N–H and O–H groups in total. The van der Waals surface area contributed by atoms with Gasteiger partial charge >= 0.3 is 0 Å². The van der Waals surface area contributed by atoms with Gasteiger partial charge in [-0.2, -0.15) is 50.5 Å². The van der Waals surface area contributed by atoms with Crippen LogP contribution in [-0.4, -0.2) is 90.6 Å². The second kappa shape index (κ2) is 14.0. The first kappa shape index (κ1) is 43.0. The van der Waals surface area contributed by atoms with Gasteiger partial charge in [0.1, 0.15) is 9.79 Å². The normalized spacial score (nSPS) is 13.1. The lowest BCUT2D eigenvalue weighted by Crippen LogP contribution is -2.20. The van der Waals surface area contributed by atoms with Gasteiger partial charge in [0.25, 0.3) is 60.7 Å². The summed E-state index contributed by atoms with van der Waals surface area (Å²) in [6.45, 7) is 0. The number of nitrogen functional groups attached to an aromatic ring is 1. The predicted molar refractivity (Wildman–Crippen MR) is 194 cm³/mol. The predicted octanol–water partition coefficient (Wildman–Crippen LogP) is 1.64. The maximum Gasteiger partial charge on any atom is 0.295 e. The van der Waals surface area contributed by atoms with E-state index in [1.165, 1.54) is 0 Å². The van der Waals surface area contributed by atoms with Crippen LogP contribution in [0, 0.1) is 0 Å². The van der Waals surface area contributed by atoms with Crippen LogP contribution in [0.1, 0.15) is 0 Å². The average molecular weight is 912 g/mol. The molecule has 0 unspecified atom stereocenters. The number of fused-ring (bicyclic) bond motifs is 2. The van der Waals surface area contributed by atoms with Crippen molar-refractivity contribution in [2.45, 2.75) is 29.4 Å². The number of hydrogen-bond donors (Lipinski definition) is 7. The van der Waals surface area contributed by atoms with E-state index < -0.39 is 140 Å². The van der Waals surface area contributed by atoms with Gasteiger partial charge in [-0.3, -0.25) is 46.7 Å². The molecule has 0 radical (unpaired) electrons. The van der Waals surface area contributed by atoms with Gasteiger partial charge in [0.15, 0.2) is 0 Å². The molecule has 0 heterocycles. The Morgan fingerprint density at radius 3 is 0.930 bits per heavy atom. The van der Waals surface area contributed by atoms with Crippen molar-refractivity contribution >= 4 is 124 Å². The topological polar surface area (TPSA) is 393 Å². The molecule has 0 bridgehead atoms. The van der Waals surface area contributed by atoms with E-state index in [1.807, 2.05) is 0 Å². The number of rotatable bonds is 12. The summed E-state index contributed by atoms with van der Waals surface area (Å²) in [6.07, 6.45) is -0.281. The van der Waals surface area contributed by atoms with Gasteiger partial charge in [-0.1, -0.05) is 0 Å². The molecule has 304 valence electrons. The Morgan fingerprint density at radius 2 is 0.684 bits per heavy atom. The molecular weight excluding hydrogens is 891 g/mol. The first-order valence-electron chi connectivity index (χ1n) is 14.3. The maximum absolute atomic E-state index is 12.8. The lowest BCUT2D eigenvalue weighted by Gasteiger charge is -2.26. The van der Waals surface area contributed by atoms with Crippen molar-refractivity contribution in [3.8, 4) is 0 Å². The van der Waals surface area contributed by atoms with Crippen molar-refractivity contribution in [3.63, 3.8) is 0 Å². The number of nitrogens with zero attached hydrogens (tertiary/aromatic N) is 2. The summed E-state index contributed by atoms with van der Waals surface area (Å²) in [5.41, 5.74) is 2.69. The highest BCUT2D eigenvalue weighted by Crippen LogP contribution is 2.43. The summed E-state index contributed by atoms with van der Waals surface area (Å²) in [4.78, 5) is 19.0. The molecule has 0 aliphatic rings. The van der Waals surface area contributed by atoms with E-state index in [-0.39, 0.29) is 25.0 Å². The van der Waals surface area contributed by atoms with E-state index in [0.717, 1.165) is 18.2 Å². The van der Waals surface area contributed by atoms with Gasteiger partial charge in [0.2, 0.25) is 12.8 Å². The molecule has 23 nitrogen and oxygen atoms in total. The Bertz CT molecular complexity index is 3070. The smallest absolute Gasteiger partial charge is 0.295 e. The molecule has 5 rings (SSSR count). The Kier molecular flexibility index (Phi) is 10.6. The summed E-state index contributed by atoms with van der Waals surface area (Å²) >= 11 is 0. The number of benzene rings is 5. The second-order valence-electron chi connectivity index (χ2n) is 11.5. The second-order valence-corrected chi connectivity index (χ2v) is 20.0. The summed E-state index contributed by atoms with van der Waals surface area (Å²) in [5, 5.41) is -3.13. The molecule has 0 aliphatic carbocycles. The molecule has 2 amide bonds. The van der Waals surface area contributed by atoms with E-state index in [0.29, 0.717) is 46.2 Å². The van der Waals surface area contributed by atoms with Crippen molar-refractivity contribution in [1.29, 1.82) is 0 Å². The third-order valence-corrected chi connectivity index (χ3v) is 12.9. The number of amides is 2. The molecule has 0 spiro atoms. The number of nitrogens with two attached hydrogens (primary N) is 1. The Morgan fingerprint density at radius 1 is 0.404 bits per heavy atom. The van der Waals surface area contributed by atoms with Crippen LogP contribution < -0.4 is 15.5 Å². The largest absolute Gasteiger partial charge is 0.399 e. The number of carbonyl (C=O) groups is 2. The summed E-state index contributed by atoms with van der Waals surface area (Å²) < 4.78 is 206. The zero-order valence-corrected chi connectivity index (χ0v) is 32.2. The fourth-order valence-electron chi connectivity index (χ4n) is 5.59. The molecule has 0 saturated carbocycles. The van der Waals surface area contributed by atoms with Crippen LogP contribution >= 0.6 is 0 Å². The highest BCUT2D eigenvalue weighted by molar-refractivity contribution is 7.87. The first-order valence-corrected chi connectivity index (χ1v) is 23.0. The SMILES string of the molecule is Nc1cc(N(C=O)c2cc(S(=O)(=O)O)cc3cc(S(=O)(=O)O)cc(S(=O)(=O)O)c23)cc(N(C=O)c2cc(S(=O)(=O)O)cc3cc(S(=O)(=O)O)cc(S(=O)(=O)O)c23)c1. The minimum atomic E-state index is -5.54. The van der Waals surface area contributed by atoms with Gasteiger partial charge in [0.05, 0.1) is 42.3 Å². The molecule has 29 heteroatoms. The van der Waals surface area contributed by atoms with Crippen LogP contribution in [0.5, 0.6) is 0 Å². The van der Waals surface area contributed by atoms with Gasteiger partial charge in [-0.15, -0.1) is 0 Å². The van der Waals surface area contributed by atoms with Crippen LogP contribution in [0.3, 0.4) is 0 Å². The standard InChI is InChI=1S/C28H21N3O20S6/c29-16-5-17(30(12-32)23-8-19(52(34,35)36)1-14-3-21(54(40,41)42)10-25(27(14)23)56(46,47)48)7-18(6-16)31(13-33)24-9-20(53(37,38)39)2-15-4-22(55(43,44)45)11-26(28(15)24)57(49,50)51/h1-13H,29H2,(H,34,35,36)(H,37,38,39)(H,40,41,42)(H,43,44,45)(H,46,47,48)(H,49,50,51). The zero-order valence-electron chi connectivity index (χ0n) is 27.3. The van der Waals surface area contributed by atoms with E-state index in [9.17, 15) is 87.4 Å². The van der Waals surface area contributed by atoms with Crippen LogP contribution in [0.2, 0.25) is 0 Å². The van der Waals surface area contributed by atoms with Crippen molar-refractivity contribution < 1.29 is 87.4 Å². The van der Waals surface area contributed by atoms with E-state index in [1.54, 1.807) is 0 Å². The Hall–Kier alpha value is -5.18. The Balaban J connectivity index is 1.92. The minimum absolute atomic E-state index is 0.140. The van der Waals surface area contributed by atoms with Crippen molar-refractivity contribution in [1.82, 2.24) is 0 Å². The number of carbonyl (C=O) groups excluding carboxylic acids is 2. The fourth-order valence-corrected chi connectivity index (χ4v) is 9.41. The van der Waals surface area contributed by atoms with E-state index in [2.05, 4.69) is 0 Å². The lowest BCUT2D eigenvalue weighted by molar-refractivity contribution is -0.107. The van der Waals surface area contributed by atoms with Gasteiger partial charge in [-0.05, 0) is 77.5 Å². The minimum Gasteiger partial charge on any atom is -0.399 e. The van der Waals surface area contributed by atoms with Crippen molar-refractivity contribution in [2.75, 3.05) is 15.5 Å². The molecule has 57 heavy (non-hydrogen) atoms. The molecule has 5 aromatic rings. The quantitative estimate of drug-likeness (QED) is 0.0531. The third-order valence-electron chi connectivity index (χ3n) is 7.84. The van der Waals surface area contributed by atoms with Gasteiger partial charge < -0.3 is 5.73 Å². The molecule has 0 aromatic heterocycles. The molecule has 0 fully saturated rings. The Labute approximate surface area is 321 Å².